The molecule has 2 aromatic rings. The van der Waals surface area contributed by atoms with Crippen LogP contribution in [0.3, 0.4) is 0 Å². The van der Waals surface area contributed by atoms with E-state index in [1.807, 2.05) is 6.20 Å². The van der Waals surface area contributed by atoms with Gasteiger partial charge < -0.3 is 5.11 Å². The van der Waals surface area contributed by atoms with Crippen molar-refractivity contribution in [3.63, 3.8) is 0 Å². The largest absolute Gasteiger partial charge is 0.388 e. The Morgan fingerprint density at radius 2 is 2.12 bits per heavy atom. The van der Waals surface area contributed by atoms with Crippen molar-refractivity contribution in [3.8, 4) is 0 Å². The Morgan fingerprint density at radius 3 is 2.79 bits per heavy atom. The van der Waals surface area contributed by atoms with E-state index in [0.29, 0.717) is 12.1 Å². The molecule has 1 atom stereocenters. The molecule has 7 heteroatoms. The molecule has 0 bridgehead atoms. The summed E-state index contributed by atoms with van der Waals surface area (Å²) >= 11 is 0. The third kappa shape index (κ3) is 4.86. The van der Waals surface area contributed by atoms with E-state index in [0.717, 1.165) is 24.1 Å². The molecular formula is C17H24N4O3. The van der Waals surface area contributed by atoms with Crippen LogP contribution in [-0.4, -0.2) is 25.0 Å². The molecule has 0 fully saturated rings. The predicted molar refractivity (Wildman–Crippen MR) is 90.7 cm³/mol. The Bertz CT molecular complexity index is 682. The number of hydrogen-bond donors (Lipinski definition) is 1. The third-order valence-electron chi connectivity index (χ3n) is 3.96. The highest BCUT2D eigenvalue weighted by Gasteiger charge is 2.18. The molecule has 7 nitrogen and oxygen atoms in total. The van der Waals surface area contributed by atoms with Crippen LogP contribution in [0.2, 0.25) is 0 Å². The second kappa shape index (κ2) is 8.54. The van der Waals surface area contributed by atoms with Gasteiger partial charge in [0.05, 0.1) is 28.8 Å². The molecule has 0 aliphatic heterocycles. The lowest BCUT2D eigenvalue weighted by molar-refractivity contribution is -0.386. The Balaban J connectivity index is 2.04. The van der Waals surface area contributed by atoms with Crippen LogP contribution in [0.4, 0.5) is 5.69 Å². The fourth-order valence-electron chi connectivity index (χ4n) is 2.65. The summed E-state index contributed by atoms with van der Waals surface area (Å²) < 4.78 is 1.72. The Labute approximate surface area is 141 Å². The van der Waals surface area contributed by atoms with Crippen LogP contribution < -0.4 is 0 Å². The molecule has 1 N–H and O–H groups in total. The van der Waals surface area contributed by atoms with Crippen molar-refractivity contribution in [2.75, 3.05) is 0 Å². The lowest BCUT2D eigenvalue weighted by atomic mass is 10.0. The van der Waals surface area contributed by atoms with Crippen molar-refractivity contribution < 1.29 is 10.0 Å². The normalized spacial score (nSPS) is 12.3. The summed E-state index contributed by atoms with van der Waals surface area (Å²) in [5, 5.41) is 29.0. The van der Waals surface area contributed by atoms with Gasteiger partial charge in [0, 0.05) is 12.3 Å². The van der Waals surface area contributed by atoms with Gasteiger partial charge in [0.1, 0.15) is 0 Å². The van der Waals surface area contributed by atoms with Gasteiger partial charge in [-0.25, -0.2) is 4.68 Å². The monoisotopic (exact) mass is 332 g/mol. The molecule has 0 aliphatic rings. The number of rotatable bonds is 9. The number of aliphatic hydroxyl groups excluding tert-OH is 1. The standard InChI is InChI=1S/C17H24N4O3/c1-3-4-5-6-7-15-12-20(19-18-15)11-14-8-9-17(21(23)24)16(10-14)13(2)22/h8-10,12-13,22H,3-7,11H2,1-2H3. The highest BCUT2D eigenvalue weighted by atomic mass is 16.6. The van der Waals surface area contributed by atoms with Gasteiger partial charge in [-0.05, 0) is 31.4 Å². The number of nitro benzene ring substituents is 1. The quantitative estimate of drug-likeness (QED) is 0.431. The Morgan fingerprint density at radius 1 is 1.33 bits per heavy atom. The smallest absolute Gasteiger partial charge is 0.275 e. The van der Waals surface area contributed by atoms with Gasteiger partial charge >= 0.3 is 0 Å². The predicted octanol–water partition coefficient (Wildman–Crippen LogP) is 3.41. The zero-order chi connectivity index (χ0) is 17.5. The number of unbranched alkanes of at least 4 members (excludes halogenated alkanes) is 3. The zero-order valence-corrected chi connectivity index (χ0v) is 14.2. The lowest BCUT2D eigenvalue weighted by Crippen LogP contribution is -2.04. The first-order valence-electron chi connectivity index (χ1n) is 8.35. The maximum atomic E-state index is 11.0. The average Bonchev–Trinajstić information content (AvgIpc) is 2.98. The summed E-state index contributed by atoms with van der Waals surface area (Å²) in [5.41, 5.74) is 2.06. The zero-order valence-electron chi connectivity index (χ0n) is 14.2. The number of benzene rings is 1. The number of aliphatic hydroxyl groups is 1. The van der Waals surface area contributed by atoms with E-state index >= 15 is 0 Å². The lowest BCUT2D eigenvalue weighted by Gasteiger charge is -2.08. The van der Waals surface area contributed by atoms with E-state index in [1.54, 1.807) is 16.8 Å². The van der Waals surface area contributed by atoms with Crippen LogP contribution in [0.1, 0.15) is 62.5 Å². The van der Waals surface area contributed by atoms with Crippen LogP contribution in [0.5, 0.6) is 0 Å². The van der Waals surface area contributed by atoms with E-state index in [9.17, 15) is 15.2 Å². The van der Waals surface area contributed by atoms with Crippen molar-refractivity contribution in [1.29, 1.82) is 0 Å². The SMILES string of the molecule is CCCCCCc1cn(Cc2ccc([N+](=O)[O-])c(C(C)O)c2)nn1. The molecule has 1 aromatic heterocycles. The molecule has 24 heavy (non-hydrogen) atoms. The first kappa shape index (κ1) is 18.1. The number of aryl methyl sites for hydroxylation is 1. The molecular weight excluding hydrogens is 308 g/mol. The third-order valence-corrected chi connectivity index (χ3v) is 3.96. The minimum absolute atomic E-state index is 0.0658. The minimum Gasteiger partial charge on any atom is -0.388 e. The van der Waals surface area contributed by atoms with E-state index in [2.05, 4.69) is 17.2 Å². The Hall–Kier alpha value is -2.28. The van der Waals surface area contributed by atoms with Crippen LogP contribution in [0, 0.1) is 10.1 Å². The van der Waals surface area contributed by atoms with Crippen molar-refractivity contribution in [3.05, 3.63) is 51.3 Å². The van der Waals surface area contributed by atoms with Gasteiger partial charge in [-0.3, -0.25) is 10.1 Å². The molecule has 0 aliphatic carbocycles. The first-order valence-corrected chi connectivity index (χ1v) is 8.35. The van der Waals surface area contributed by atoms with Crippen LogP contribution in [0.15, 0.2) is 24.4 Å². The molecule has 0 saturated carbocycles. The number of nitro groups is 1. The molecule has 0 radical (unpaired) electrons. The summed E-state index contributed by atoms with van der Waals surface area (Å²) in [6.07, 6.45) is 6.68. The fraction of sp³-hybridized carbons (Fsp3) is 0.529. The molecule has 1 unspecified atom stereocenters. The molecule has 130 valence electrons. The van der Waals surface area contributed by atoms with E-state index < -0.39 is 11.0 Å². The molecule has 2 rings (SSSR count). The molecule has 0 saturated heterocycles. The maximum Gasteiger partial charge on any atom is 0.275 e. The van der Waals surface area contributed by atoms with Gasteiger partial charge in [0.2, 0.25) is 0 Å². The topological polar surface area (TPSA) is 94.1 Å². The van der Waals surface area contributed by atoms with Crippen molar-refractivity contribution >= 4 is 5.69 Å². The van der Waals surface area contributed by atoms with Gasteiger partial charge in [0.15, 0.2) is 0 Å². The second-order valence-electron chi connectivity index (χ2n) is 6.04. The van der Waals surface area contributed by atoms with Crippen LogP contribution in [0.25, 0.3) is 0 Å². The maximum absolute atomic E-state index is 11.0. The molecule has 1 heterocycles. The number of nitrogens with zero attached hydrogens (tertiary/aromatic N) is 4. The van der Waals surface area contributed by atoms with E-state index in [4.69, 9.17) is 0 Å². The average molecular weight is 332 g/mol. The Kier molecular flexibility index (Phi) is 6.43. The number of hydrogen-bond acceptors (Lipinski definition) is 5. The van der Waals surface area contributed by atoms with Crippen molar-refractivity contribution in [1.82, 2.24) is 15.0 Å². The van der Waals surface area contributed by atoms with Crippen molar-refractivity contribution in [2.24, 2.45) is 0 Å². The first-order chi connectivity index (χ1) is 11.5. The minimum atomic E-state index is -0.893. The summed E-state index contributed by atoms with van der Waals surface area (Å²) in [4.78, 5) is 10.5. The van der Waals surface area contributed by atoms with Gasteiger partial charge in [-0.2, -0.15) is 0 Å². The summed E-state index contributed by atoms with van der Waals surface area (Å²) in [5.74, 6) is 0. The van der Waals surface area contributed by atoms with Gasteiger partial charge in [-0.1, -0.05) is 37.5 Å². The van der Waals surface area contributed by atoms with E-state index in [-0.39, 0.29) is 5.69 Å². The highest BCUT2D eigenvalue weighted by Crippen LogP contribution is 2.26. The highest BCUT2D eigenvalue weighted by molar-refractivity contribution is 5.44. The van der Waals surface area contributed by atoms with Crippen LogP contribution >= 0.6 is 0 Å². The molecule has 0 spiro atoms. The summed E-state index contributed by atoms with van der Waals surface area (Å²) in [6, 6.07) is 4.78. The van der Waals surface area contributed by atoms with E-state index in [1.165, 1.54) is 32.3 Å². The van der Waals surface area contributed by atoms with Gasteiger partial charge in [0.25, 0.3) is 5.69 Å². The van der Waals surface area contributed by atoms with Crippen LogP contribution in [-0.2, 0) is 13.0 Å². The van der Waals surface area contributed by atoms with Gasteiger partial charge in [-0.15, -0.1) is 5.10 Å². The second-order valence-corrected chi connectivity index (χ2v) is 6.04. The number of aromatic nitrogens is 3. The molecule has 0 amide bonds. The summed E-state index contributed by atoms with van der Waals surface area (Å²) in [6.45, 7) is 4.18. The fourth-order valence-corrected chi connectivity index (χ4v) is 2.65. The van der Waals surface area contributed by atoms with Crippen molar-refractivity contribution in [2.45, 2.75) is 58.6 Å². The molecule has 1 aromatic carbocycles. The summed E-state index contributed by atoms with van der Waals surface area (Å²) in [7, 11) is 0.